The van der Waals surface area contributed by atoms with Crippen molar-refractivity contribution >= 4 is 11.7 Å². The number of aryl methyl sites for hydroxylation is 1. The first kappa shape index (κ1) is 15.6. The van der Waals surface area contributed by atoms with Crippen molar-refractivity contribution < 1.29 is 14.6 Å². The first-order chi connectivity index (χ1) is 9.99. The zero-order valence-electron chi connectivity index (χ0n) is 13.0. The van der Waals surface area contributed by atoms with Crippen LogP contribution in [0.15, 0.2) is 18.2 Å². The van der Waals surface area contributed by atoms with Crippen LogP contribution >= 0.6 is 0 Å². The number of hydrogen-bond acceptors (Lipinski definition) is 3. The van der Waals surface area contributed by atoms with Gasteiger partial charge in [0.25, 0.3) is 0 Å². The number of urea groups is 1. The molecule has 5 nitrogen and oxygen atoms in total. The van der Waals surface area contributed by atoms with E-state index in [-0.39, 0.29) is 18.1 Å². The predicted molar refractivity (Wildman–Crippen MR) is 82.7 cm³/mol. The number of carbonyl (C=O) groups excluding carboxylic acids is 1. The van der Waals surface area contributed by atoms with Crippen molar-refractivity contribution in [2.24, 2.45) is 5.41 Å². The fourth-order valence-electron chi connectivity index (χ4n) is 2.69. The normalized spacial score (nSPS) is 16.0. The van der Waals surface area contributed by atoms with Gasteiger partial charge in [-0.15, -0.1) is 0 Å². The van der Waals surface area contributed by atoms with E-state index in [0.717, 1.165) is 30.5 Å². The van der Waals surface area contributed by atoms with Gasteiger partial charge < -0.3 is 20.1 Å². The third-order valence-electron chi connectivity index (χ3n) is 4.36. The third kappa shape index (κ3) is 3.47. The van der Waals surface area contributed by atoms with Gasteiger partial charge in [-0.1, -0.05) is 12.5 Å². The molecule has 5 heteroatoms. The Labute approximate surface area is 125 Å². The summed E-state index contributed by atoms with van der Waals surface area (Å²) in [5.41, 5.74) is 1.63. The molecule has 0 aliphatic heterocycles. The number of anilines is 1. The van der Waals surface area contributed by atoms with Crippen LogP contribution in [0.4, 0.5) is 10.5 Å². The fraction of sp³-hybridized carbons (Fsp3) is 0.562. The highest BCUT2D eigenvalue weighted by Gasteiger charge is 2.38. The van der Waals surface area contributed by atoms with E-state index in [1.165, 1.54) is 0 Å². The summed E-state index contributed by atoms with van der Waals surface area (Å²) < 4.78 is 5.18. The minimum Gasteiger partial charge on any atom is -0.497 e. The summed E-state index contributed by atoms with van der Waals surface area (Å²) in [6.45, 7) is 2.66. The highest BCUT2D eigenvalue weighted by Crippen LogP contribution is 2.40. The molecule has 1 aliphatic rings. The SMILES string of the molecule is COc1ccc(C)c(NC(=O)N(C)CC2(CO)CCC2)c1. The third-order valence-corrected chi connectivity index (χ3v) is 4.36. The van der Waals surface area contributed by atoms with Crippen LogP contribution in [0.3, 0.4) is 0 Å². The van der Waals surface area contributed by atoms with Gasteiger partial charge in [-0.25, -0.2) is 4.79 Å². The molecule has 0 saturated heterocycles. The van der Waals surface area contributed by atoms with Crippen molar-refractivity contribution in [3.63, 3.8) is 0 Å². The smallest absolute Gasteiger partial charge is 0.321 e. The second-order valence-electron chi connectivity index (χ2n) is 5.98. The lowest BCUT2D eigenvalue weighted by Gasteiger charge is -2.42. The molecular formula is C16H24N2O3. The molecule has 0 heterocycles. The average Bonchev–Trinajstić information content (AvgIpc) is 2.44. The first-order valence-electron chi connectivity index (χ1n) is 7.27. The monoisotopic (exact) mass is 292 g/mol. The zero-order chi connectivity index (χ0) is 15.5. The van der Waals surface area contributed by atoms with Crippen LogP contribution in [0.25, 0.3) is 0 Å². The van der Waals surface area contributed by atoms with Gasteiger partial charge in [0.05, 0.1) is 13.7 Å². The molecule has 1 aromatic carbocycles. The quantitative estimate of drug-likeness (QED) is 0.877. The molecule has 2 rings (SSSR count). The molecule has 0 bridgehead atoms. The number of aliphatic hydroxyl groups is 1. The van der Waals surface area contributed by atoms with Crippen LogP contribution in [-0.4, -0.2) is 43.3 Å². The Morgan fingerprint density at radius 2 is 2.19 bits per heavy atom. The van der Waals surface area contributed by atoms with E-state index in [2.05, 4.69) is 5.32 Å². The minimum atomic E-state index is -0.161. The highest BCUT2D eigenvalue weighted by molar-refractivity contribution is 5.90. The Morgan fingerprint density at radius 3 is 2.71 bits per heavy atom. The van der Waals surface area contributed by atoms with Gasteiger partial charge in [0.15, 0.2) is 0 Å². The lowest BCUT2D eigenvalue weighted by molar-refractivity contribution is 0.0243. The summed E-state index contributed by atoms with van der Waals surface area (Å²) in [5, 5.41) is 12.4. The summed E-state index contributed by atoms with van der Waals surface area (Å²) in [4.78, 5) is 13.9. The standard InChI is InChI=1S/C16H24N2O3/c1-12-5-6-13(21-3)9-14(12)17-15(20)18(2)10-16(11-19)7-4-8-16/h5-6,9,19H,4,7-8,10-11H2,1-3H3,(H,17,20). The molecular weight excluding hydrogens is 268 g/mol. The maximum absolute atomic E-state index is 12.3. The number of benzene rings is 1. The Hall–Kier alpha value is -1.75. The maximum Gasteiger partial charge on any atom is 0.321 e. The first-order valence-corrected chi connectivity index (χ1v) is 7.27. The van der Waals surface area contributed by atoms with Gasteiger partial charge in [-0.2, -0.15) is 0 Å². The Kier molecular flexibility index (Phi) is 4.73. The maximum atomic E-state index is 12.3. The van der Waals surface area contributed by atoms with Gasteiger partial charge >= 0.3 is 6.03 Å². The number of ether oxygens (including phenoxy) is 1. The Balaban J connectivity index is 2.00. The van der Waals surface area contributed by atoms with Crippen molar-refractivity contribution in [2.45, 2.75) is 26.2 Å². The van der Waals surface area contributed by atoms with Crippen molar-refractivity contribution in [2.75, 3.05) is 32.6 Å². The molecule has 0 atom stereocenters. The summed E-state index contributed by atoms with van der Waals surface area (Å²) in [6.07, 6.45) is 3.10. The lowest BCUT2D eigenvalue weighted by Crippen LogP contribution is -2.46. The summed E-state index contributed by atoms with van der Waals surface area (Å²) in [5.74, 6) is 0.712. The lowest BCUT2D eigenvalue weighted by atomic mass is 9.69. The second kappa shape index (κ2) is 6.35. The number of hydrogen-bond donors (Lipinski definition) is 2. The highest BCUT2D eigenvalue weighted by atomic mass is 16.5. The van der Waals surface area contributed by atoms with E-state index in [0.29, 0.717) is 12.3 Å². The molecule has 1 aromatic rings. The Bertz CT molecular complexity index is 507. The summed E-state index contributed by atoms with van der Waals surface area (Å²) >= 11 is 0. The van der Waals surface area contributed by atoms with Crippen LogP contribution in [0.2, 0.25) is 0 Å². The van der Waals surface area contributed by atoms with Crippen LogP contribution in [-0.2, 0) is 0 Å². The van der Waals surface area contributed by atoms with Gasteiger partial charge in [-0.05, 0) is 31.4 Å². The molecule has 21 heavy (non-hydrogen) atoms. The summed E-state index contributed by atoms with van der Waals surface area (Å²) in [7, 11) is 3.37. The van der Waals surface area contributed by atoms with Crippen LogP contribution < -0.4 is 10.1 Å². The van der Waals surface area contributed by atoms with Crippen molar-refractivity contribution in [3.05, 3.63) is 23.8 Å². The van der Waals surface area contributed by atoms with E-state index in [1.807, 2.05) is 25.1 Å². The fourth-order valence-corrected chi connectivity index (χ4v) is 2.69. The number of methoxy groups -OCH3 is 1. The van der Waals surface area contributed by atoms with Crippen LogP contribution in [0, 0.1) is 12.3 Å². The van der Waals surface area contributed by atoms with Gasteiger partial charge in [0, 0.05) is 30.8 Å². The number of amides is 2. The molecule has 2 amide bonds. The average molecular weight is 292 g/mol. The molecule has 1 aliphatic carbocycles. The molecule has 116 valence electrons. The summed E-state index contributed by atoms with van der Waals surface area (Å²) in [6, 6.07) is 5.43. The van der Waals surface area contributed by atoms with Gasteiger partial charge in [0.1, 0.15) is 5.75 Å². The molecule has 0 spiro atoms. The van der Waals surface area contributed by atoms with Crippen molar-refractivity contribution in [3.8, 4) is 5.75 Å². The molecule has 1 fully saturated rings. The van der Waals surface area contributed by atoms with Gasteiger partial charge in [-0.3, -0.25) is 0 Å². The number of nitrogens with one attached hydrogen (secondary N) is 1. The molecule has 2 N–H and O–H groups in total. The van der Waals surface area contributed by atoms with E-state index < -0.39 is 0 Å². The number of rotatable bonds is 5. The molecule has 0 aromatic heterocycles. The van der Waals surface area contributed by atoms with E-state index in [9.17, 15) is 9.90 Å². The van der Waals surface area contributed by atoms with Crippen LogP contribution in [0.5, 0.6) is 5.75 Å². The number of aliphatic hydroxyl groups excluding tert-OH is 1. The van der Waals surface area contributed by atoms with E-state index in [4.69, 9.17) is 4.74 Å². The number of carbonyl (C=O) groups is 1. The van der Waals surface area contributed by atoms with Crippen LogP contribution in [0.1, 0.15) is 24.8 Å². The zero-order valence-corrected chi connectivity index (χ0v) is 13.0. The van der Waals surface area contributed by atoms with E-state index in [1.54, 1.807) is 19.1 Å². The minimum absolute atomic E-state index is 0.102. The van der Waals surface area contributed by atoms with Gasteiger partial charge in [0.2, 0.25) is 0 Å². The Morgan fingerprint density at radius 1 is 1.48 bits per heavy atom. The second-order valence-corrected chi connectivity index (χ2v) is 5.98. The van der Waals surface area contributed by atoms with E-state index >= 15 is 0 Å². The molecule has 1 saturated carbocycles. The largest absolute Gasteiger partial charge is 0.497 e. The molecule has 0 unspecified atom stereocenters. The topological polar surface area (TPSA) is 61.8 Å². The predicted octanol–water partition coefficient (Wildman–Crippen LogP) is 2.63. The van der Waals surface area contributed by atoms with Crippen molar-refractivity contribution in [1.29, 1.82) is 0 Å². The van der Waals surface area contributed by atoms with Crippen molar-refractivity contribution in [1.82, 2.24) is 4.90 Å². The molecule has 0 radical (unpaired) electrons. The number of nitrogens with zero attached hydrogens (tertiary/aromatic N) is 1.